The molecule has 0 heterocycles. The first-order valence-electron chi connectivity index (χ1n) is 9.89. The zero-order chi connectivity index (χ0) is 15.7. The van der Waals surface area contributed by atoms with Crippen molar-refractivity contribution in [1.82, 2.24) is 0 Å². The molecule has 22 heavy (non-hydrogen) atoms. The van der Waals surface area contributed by atoms with Crippen LogP contribution in [0, 0.1) is 6.07 Å². The summed E-state index contributed by atoms with van der Waals surface area (Å²) in [5.74, 6) is 0. The van der Waals surface area contributed by atoms with E-state index in [1.165, 1.54) is 102 Å². The molecule has 0 amide bonds. The van der Waals surface area contributed by atoms with Gasteiger partial charge in [0.15, 0.2) is 0 Å². The molecule has 0 fully saturated rings. The summed E-state index contributed by atoms with van der Waals surface area (Å²) < 4.78 is 0. The standard InChI is InChI=1S/C22H37/c1-2-3-4-5-6-7-8-9-10-11-12-13-14-16-19-22-20-17-15-18-21-22/h15,17-18,20H,2-14,16,19H2,1H3. The molecular weight excluding hydrogens is 264 g/mol. The van der Waals surface area contributed by atoms with Crippen molar-refractivity contribution in [1.29, 1.82) is 0 Å². The fourth-order valence-corrected chi connectivity index (χ4v) is 3.10. The Morgan fingerprint density at radius 2 is 1.14 bits per heavy atom. The zero-order valence-electron chi connectivity index (χ0n) is 14.9. The van der Waals surface area contributed by atoms with Gasteiger partial charge in [-0.2, -0.15) is 0 Å². The predicted octanol–water partition coefficient (Wildman–Crippen LogP) is 7.51. The second-order valence-corrected chi connectivity index (χ2v) is 6.73. The Labute approximate surface area is 139 Å². The van der Waals surface area contributed by atoms with Gasteiger partial charge in [-0.1, -0.05) is 115 Å². The third-order valence-electron chi connectivity index (χ3n) is 4.57. The van der Waals surface area contributed by atoms with Gasteiger partial charge in [-0.25, -0.2) is 0 Å². The lowest BCUT2D eigenvalue weighted by atomic mass is 10.0. The van der Waals surface area contributed by atoms with Gasteiger partial charge < -0.3 is 0 Å². The van der Waals surface area contributed by atoms with Gasteiger partial charge in [-0.05, 0) is 24.5 Å². The summed E-state index contributed by atoms with van der Waals surface area (Å²) in [5.41, 5.74) is 1.38. The molecule has 1 aromatic rings. The summed E-state index contributed by atoms with van der Waals surface area (Å²) in [7, 11) is 0. The number of hydrogen-bond acceptors (Lipinski definition) is 0. The fourth-order valence-electron chi connectivity index (χ4n) is 3.10. The highest BCUT2D eigenvalue weighted by molar-refractivity contribution is 5.12. The van der Waals surface area contributed by atoms with Gasteiger partial charge in [0, 0.05) is 0 Å². The van der Waals surface area contributed by atoms with Gasteiger partial charge in [-0.15, -0.1) is 0 Å². The van der Waals surface area contributed by atoms with Gasteiger partial charge in [0.05, 0.1) is 0 Å². The Bertz CT molecular complexity index is 314. The molecule has 0 nitrogen and oxygen atoms in total. The Balaban J connectivity index is 1.73. The van der Waals surface area contributed by atoms with Crippen LogP contribution >= 0.6 is 0 Å². The third kappa shape index (κ3) is 11.8. The first-order chi connectivity index (χ1) is 10.9. The van der Waals surface area contributed by atoms with Crippen molar-refractivity contribution >= 4 is 0 Å². The minimum atomic E-state index is 1.21. The van der Waals surface area contributed by atoms with Crippen LogP contribution in [0.1, 0.15) is 102 Å². The normalized spacial score (nSPS) is 11.0. The Morgan fingerprint density at radius 1 is 0.636 bits per heavy atom. The first-order valence-corrected chi connectivity index (χ1v) is 9.89. The van der Waals surface area contributed by atoms with E-state index in [1.807, 2.05) is 6.07 Å². The van der Waals surface area contributed by atoms with E-state index in [-0.39, 0.29) is 0 Å². The number of rotatable bonds is 15. The van der Waals surface area contributed by atoms with E-state index in [1.54, 1.807) is 0 Å². The predicted molar refractivity (Wildman–Crippen MR) is 99.3 cm³/mol. The summed E-state index contributed by atoms with van der Waals surface area (Å²) in [6.07, 6.45) is 21.3. The minimum Gasteiger partial charge on any atom is -0.0654 e. The maximum absolute atomic E-state index is 3.32. The smallest absolute Gasteiger partial charge is 0.0149 e. The lowest BCUT2D eigenvalue weighted by Crippen LogP contribution is -1.86. The van der Waals surface area contributed by atoms with Crippen molar-refractivity contribution in [2.45, 2.75) is 103 Å². The highest BCUT2D eigenvalue weighted by Crippen LogP contribution is 2.13. The van der Waals surface area contributed by atoms with E-state index >= 15 is 0 Å². The van der Waals surface area contributed by atoms with Gasteiger partial charge in [-0.3, -0.25) is 0 Å². The fraction of sp³-hybridized carbons (Fsp3) is 0.727. The number of unbranched alkanes of at least 4 members (excludes halogenated alkanes) is 13. The SMILES string of the molecule is CCCCCCCCCCCCCCCCc1[c]cccc1. The van der Waals surface area contributed by atoms with Crippen LogP contribution in [0.25, 0.3) is 0 Å². The average molecular weight is 302 g/mol. The van der Waals surface area contributed by atoms with Crippen LogP contribution < -0.4 is 0 Å². The van der Waals surface area contributed by atoms with Crippen molar-refractivity contribution in [3.05, 3.63) is 35.9 Å². The summed E-state index contributed by atoms with van der Waals surface area (Å²) in [6, 6.07) is 11.7. The summed E-state index contributed by atoms with van der Waals surface area (Å²) in [5, 5.41) is 0. The summed E-state index contributed by atoms with van der Waals surface area (Å²) in [6.45, 7) is 2.29. The highest BCUT2D eigenvalue weighted by atomic mass is 14.0. The molecule has 0 heteroatoms. The molecule has 125 valence electrons. The second kappa shape index (κ2) is 15.1. The second-order valence-electron chi connectivity index (χ2n) is 6.73. The zero-order valence-corrected chi connectivity index (χ0v) is 14.9. The van der Waals surface area contributed by atoms with Crippen LogP contribution in [0.5, 0.6) is 0 Å². The van der Waals surface area contributed by atoms with Crippen molar-refractivity contribution in [2.75, 3.05) is 0 Å². The van der Waals surface area contributed by atoms with E-state index in [2.05, 4.69) is 31.2 Å². The molecule has 0 atom stereocenters. The molecule has 0 saturated carbocycles. The Kier molecular flexibility index (Phi) is 13.2. The quantitative estimate of drug-likeness (QED) is 0.294. The molecule has 0 N–H and O–H groups in total. The molecule has 1 radical (unpaired) electrons. The van der Waals surface area contributed by atoms with E-state index in [0.717, 1.165) is 0 Å². The molecular formula is C22H37. The van der Waals surface area contributed by atoms with E-state index in [4.69, 9.17) is 0 Å². The van der Waals surface area contributed by atoms with Crippen molar-refractivity contribution in [3.63, 3.8) is 0 Å². The first kappa shape index (κ1) is 19.3. The Morgan fingerprint density at radius 3 is 1.59 bits per heavy atom. The molecule has 0 unspecified atom stereocenters. The van der Waals surface area contributed by atoms with Crippen LogP contribution in [0.15, 0.2) is 24.3 Å². The maximum Gasteiger partial charge on any atom is -0.0149 e. The molecule has 0 aromatic heterocycles. The molecule has 1 aromatic carbocycles. The Hall–Kier alpha value is -0.780. The summed E-state index contributed by atoms with van der Waals surface area (Å²) >= 11 is 0. The largest absolute Gasteiger partial charge is 0.0654 e. The van der Waals surface area contributed by atoms with Crippen LogP contribution in [0.2, 0.25) is 0 Å². The maximum atomic E-state index is 3.32. The van der Waals surface area contributed by atoms with Crippen LogP contribution in [-0.4, -0.2) is 0 Å². The van der Waals surface area contributed by atoms with E-state index in [9.17, 15) is 0 Å². The number of aryl methyl sites for hydroxylation is 1. The van der Waals surface area contributed by atoms with Crippen molar-refractivity contribution in [3.8, 4) is 0 Å². The minimum absolute atomic E-state index is 1.21. The van der Waals surface area contributed by atoms with Crippen LogP contribution in [0.4, 0.5) is 0 Å². The molecule has 0 aliphatic rings. The van der Waals surface area contributed by atoms with Gasteiger partial charge in [0.2, 0.25) is 0 Å². The highest BCUT2D eigenvalue weighted by Gasteiger charge is 1.95. The summed E-state index contributed by atoms with van der Waals surface area (Å²) in [4.78, 5) is 0. The number of benzene rings is 1. The molecule has 0 spiro atoms. The van der Waals surface area contributed by atoms with E-state index < -0.39 is 0 Å². The average Bonchev–Trinajstić information content (AvgIpc) is 2.56. The van der Waals surface area contributed by atoms with Crippen molar-refractivity contribution < 1.29 is 0 Å². The van der Waals surface area contributed by atoms with E-state index in [0.29, 0.717) is 0 Å². The van der Waals surface area contributed by atoms with Crippen LogP contribution in [0.3, 0.4) is 0 Å². The van der Waals surface area contributed by atoms with Crippen LogP contribution in [-0.2, 0) is 6.42 Å². The van der Waals surface area contributed by atoms with Crippen molar-refractivity contribution in [2.24, 2.45) is 0 Å². The van der Waals surface area contributed by atoms with Gasteiger partial charge in [0.1, 0.15) is 0 Å². The number of hydrogen-bond donors (Lipinski definition) is 0. The lowest BCUT2D eigenvalue weighted by molar-refractivity contribution is 0.535. The topological polar surface area (TPSA) is 0 Å². The van der Waals surface area contributed by atoms with Gasteiger partial charge in [0.25, 0.3) is 0 Å². The third-order valence-corrected chi connectivity index (χ3v) is 4.57. The molecule has 1 rings (SSSR count). The molecule has 0 aliphatic carbocycles. The molecule has 0 saturated heterocycles. The lowest BCUT2D eigenvalue weighted by Gasteiger charge is -2.03. The monoisotopic (exact) mass is 301 g/mol. The molecule has 0 aliphatic heterocycles. The van der Waals surface area contributed by atoms with Gasteiger partial charge >= 0.3 is 0 Å². The molecule has 0 bridgehead atoms.